The number of benzene rings is 1. The molecule has 0 unspecified atom stereocenters. The van der Waals surface area contributed by atoms with Gasteiger partial charge in [0.2, 0.25) is 5.52 Å². The summed E-state index contributed by atoms with van der Waals surface area (Å²) in [4.78, 5) is 0. The quantitative estimate of drug-likeness (QED) is 0.435. The Hall–Kier alpha value is -1.28. The van der Waals surface area contributed by atoms with Crippen molar-refractivity contribution in [3.63, 3.8) is 0 Å². The van der Waals surface area contributed by atoms with Gasteiger partial charge in [-0.25, -0.2) is 0 Å². The Balaban J connectivity index is 2.71. The van der Waals surface area contributed by atoms with E-state index in [0.717, 1.165) is 27.8 Å². The third-order valence-corrected chi connectivity index (χ3v) is 2.81. The van der Waals surface area contributed by atoms with Crippen molar-refractivity contribution in [2.75, 3.05) is 5.88 Å². The van der Waals surface area contributed by atoms with Gasteiger partial charge in [0.05, 0.1) is 0 Å². The minimum Gasteiger partial charge on any atom is -0.618 e. The Bertz CT molecular complexity index is 496. The van der Waals surface area contributed by atoms with Gasteiger partial charge >= 0.3 is 0 Å². The summed E-state index contributed by atoms with van der Waals surface area (Å²) in [7, 11) is 0. The van der Waals surface area contributed by atoms with E-state index in [9.17, 15) is 5.21 Å². The Morgan fingerprint density at radius 3 is 2.80 bits per heavy atom. The third kappa shape index (κ3) is 1.77. The third-order valence-electron chi connectivity index (χ3n) is 2.62. The molecular weight excluding hydrogens is 210 g/mol. The summed E-state index contributed by atoms with van der Waals surface area (Å²) in [6.07, 6.45) is 0.737. The van der Waals surface area contributed by atoms with E-state index in [2.05, 4.69) is 0 Å². The van der Waals surface area contributed by atoms with Gasteiger partial charge in [-0.05, 0) is 18.6 Å². The van der Waals surface area contributed by atoms with E-state index in [1.54, 1.807) is 0 Å². The second-order valence-corrected chi connectivity index (χ2v) is 3.93. The molecule has 2 aromatic rings. The van der Waals surface area contributed by atoms with Crippen LogP contribution in [0.3, 0.4) is 0 Å². The van der Waals surface area contributed by atoms with Crippen molar-refractivity contribution >= 4 is 22.5 Å². The van der Waals surface area contributed by atoms with Crippen molar-refractivity contribution in [3.05, 3.63) is 46.8 Å². The molecule has 1 aromatic heterocycles. The molecule has 0 spiro atoms. The average molecular weight is 222 g/mol. The Labute approximate surface area is 93.7 Å². The fourth-order valence-electron chi connectivity index (χ4n) is 1.75. The standard InChI is InChI=1S/C12H12ClNO/c1-9-10(6-7-13)8-11-4-2-3-5-12(11)14(9)15/h2-5,8H,6-7H2,1H3. The van der Waals surface area contributed by atoms with Crippen molar-refractivity contribution in [1.82, 2.24) is 0 Å². The van der Waals surface area contributed by atoms with Gasteiger partial charge < -0.3 is 5.21 Å². The van der Waals surface area contributed by atoms with Gasteiger partial charge in [0, 0.05) is 29.8 Å². The van der Waals surface area contributed by atoms with Crippen LogP contribution in [0, 0.1) is 12.1 Å². The highest BCUT2D eigenvalue weighted by molar-refractivity contribution is 6.18. The zero-order valence-corrected chi connectivity index (χ0v) is 9.29. The fourth-order valence-corrected chi connectivity index (χ4v) is 1.96. The second-order valence-electron chi connectivity index (χ2n) is 3.55. The van der Waals surface area contributed by atoms with Crippen LogP contribution in [0.1, 0.15) is 11.3 Å². The fraction of sp³-hybridized carbons (Fsp3) is 0.250. The number of hydrogen-bond acceptors (Lipinski definition) is 1. The monoisotopic (exact) mass is 221 g/mol. The van der Waals surface area contributed by atoms with Crippen LogP contribution in [-0.4, -0.2) is 5.88 Å². The van der Waals surface area contributed by atoms with Gasteiger partial charge in [0.15, 0.2) is 5.69 Å². The normalized spacial score (nSPS) is 10.8. The van der Waals surface area contributed by atoms with Gasteiger partial charge in [-0.15, -0.1) is 11.6 Å². The molecule has 0 N–H and O–H groups in total. The van der Waals surface area contributed by atoms with Crippen LogP contribution in [0.4, 0.5) is 0 Å². The maximum absolute atomic E-state index is 11.9. The van der Waals surface area contributed by atoms with Gasteiger partial charge in [-0.2, -0.15) is 4.73 Å². The molecule has 0 fully saturated rings. The van der Waals surface area contributed by atoms with E-state index in [1.165, 1.54) is 0 Å². The molecule has 1 aromatic carbocycles. The Kier molecular flexibility index (Phi) is 2.78. The molecule has 1 heterocycles. The molecule has 78 valence electrons. The minimum atomic E-state index is 0.541. The van der Waals surface area contributed by atoms with Crippen molar-refractivity contribution in [1.29, 1.82) is 0 Å². The molecule has 0 saturated heterocycles. The van der Waals surface area contributed by atoms with Crippen molar-refractivity contribution in [2.45, 2.75) is 13.3 Å². The lowest BCUT2D eigenvalue weighted by Gasteiger charge is -2.08. The molecule has 0 saturated carbocycles. The number of fused-ring (bicyclic) bond motifs is 1. The molecule has 0 aliphatic carbocycles. The van der Waals surface area contributed by atoms with Gasteiger partial charge in [0.1, 0.15) is 0 Å². The first-order valence-electron chi connectivity index (χ1n) is 4.91. The lowest BCUT2D eigenvalue weighted by molar-refractivity contribution is -0.584. The summed E-state index contributed by atoms with van der Waals surface area (Å²) < 4.78 is 0.983. The largest absolute Gasteiger partial charge is 0.618 e. The zero-order chi connectivity index (χ0) is 10.8. The first-order chi connectivity index (χ1) is 7.24. The van der Waals surface area contributed by atoms with Crippen molar-refractivity contribution < 1.29 is 4.73 Å². The summed E-state index contributed by atoms with van der Waals surface area (Å²) >= 11 is 5.70. The lowest BCUT2D eigenvalue weighted by atomic mass is 10.1. The number of aromatic nitrogens is 1. The van der Waals surface area contributed by atoms with Gasteiger partial charge in [0.25, 0.3) is 0 Å². The summed E-state index contributed by atoms with van der Waals surface area (Å²) in [5, 5.41) is 12.9. The number of aryl methyl sites for hydroxylation is 1. The van der Waals surface area contributed by atoms with E-state index in [0.29, 0.717) is 11.4 Å². The molecule has 0 aliphatic rings. The predicted octanol–water partition coefficient (Wildman–Crippen LogP) is 2.56. The van der Waals surface area contributed by atoms with E-state index in [-0.39, 0.29) is 0 Å². The van der Waals surface area contributed by atoms with E-state index >= 15 is 0 Å². The molecule has 15 heavy (non-hydrogen) atoms. The molecule has 3 heteroatoms. The van der Waals surface area contributed by atoms with Crippen molar-refractivity contribution in [2.24, 2.45) is 0 Å². The minimum absolute atomic E-state index is 0.541. The van der Waals surface area contributed by atoms with Crippen LogP contribution in [0.25, 0.3) is 10.9 Å². The molecule has 0 aliphatic heterocycles. The first kappa shape index (κ1) is 10.2. The SMILES string of the molecule is Cc1c(CCCl)cc2ccccc2[n+]1[O-]. The summed E-state index contributed by atoms with van der Waals surface area (Å²) in [6, 6.07) is 9.63. The molecule has 2 rings (SSSR count). The zero-order valence-electron chi connectivity index (χ0n) is 8.53. The molecule has 0 amide bonds. The number of rotatable bonds is 2. The molecule has 2 nitrogen and oxygen atoms in total. The van der Waals surface area contributed by atoms with Crippen LogP contribution >= 0.6 is 11.6 Å². The number of hydrogen-bond donors (Lipinski definition) is 0. The number of pyridine rings is 1. The highest BCUT2D eigenvalue weighted by Gasteiger charge is 2.11. The van der Waals surface area contributed by atoms with Crippen LogP contribution in [0.2, 0.25) is 0 Å². The average Bonchev–Trinajstić information content (AvgIpc) is 2.26. The smallest absolute Gasteiger partial charge is 0.223 e. The van der Waals surface area contributed by atoms with Crippen LogP contribution in [0.15, 0.2) is 30.3 Å². The Morgan fingerprint density at radius 2 is 2.07 bits per heavy atom. The van der Waals surface area contributed by atoms with E-state index < -0.39 is 0 Å². The van der Waals surface area contributed by atoms with Crippen LogP contribution in [-0.2, 0) is 6.42 Å². The van der Waals surface area contributed by atoms with Crippen LogP contribution in [0.5, 0.6) is 0 Å². The topological polar surface area (TPSA) is 26.9 Å². The maximum Gasteiger partial charge on any atom is 0.223 e. The molecule has 0 bridgehead atoms. The summed E-state index contributed by atoms with van der Waals surface area (Å²) in [5.41, 5.74) is 2.49. The number of alkyl halides is 1. The highest BCUT2D eigenvalue weighted by atomic mass is 35.5. The number of halogens is 1. The number of nitrogens with zero attached hydrogens (tertiary/aromatic N) is 1. The van der Waals surface area contributed by atoms with E-state index in [4.69, 9.17) is 11.6 Å². The maximum atomic E-state index is 11.9. The van der Waals surface area contributed by atoms with Gasteiger partial charge in [-0.1, -0.05) is 12.1 Å². The molecule has 0 radical (unpaired) electrons. The first-order valence-corrected chi connectivity index (χ1v) is 5.44. The second kappa shape index (κ2) is 4.07. The van der Waals surface area contributed by atoms with Gasteiger partial charge in [-0.3, -0.25) is 0 Å². The summed E-state index contributed by atoms with van der Waals surface area (Å²) in [6.45, 7) is 1.83. The van der Waals surface area contributed by atoms with Crippen LogP contribution < -0.4 is 4.73 Å². The summed E-state index contributed by atoms with van der Waals surface area (Å²) in [5.74, 6) is 0.541. The predicted molar refractivity (Wildman–Crippen MR) is 62.1 cm³/mol. The Morgan fingerprint density at radius 1 is 1.33 bits per heavy atom. The number of para-hydroxylation sites is 1. The molecule has 0 atom stereocenters. The lowest BCUT2D eigenvalue weighted by Crippen LogP contribution is -2.32. The highest BCUT2D eigenvalue weighted by Crippen LogP contribution is 2.15. The van der Waals surface area contributed by atoms with E-state index in [1.807, 2.05) is 37.3 Å². The molecular formula is C12H12ClNO. The van der Waals surface area contributed by atoms with Crippen molar-refractivity contribution in [3.8, 4) is 0 Å².